The molecule has 5 rings (SSSR count). The molecule has 0 aromatic heterocycles. The van der Waals surface area contributed by atoms with E-state index in [-0.39, 0.29) is 0 Å². The van der Waals surface area contributed by atoms with Crippen LogP contribution in [0.5, 0.6) is 0 Å². The van der Waals surface area contributed by atoms with Gasteiger partial charge in [-0.3, -0.25) is 0 Å². The van der Waals surface area contributed by atoms with Gasteiger partial charge < -0.3 is 11.1 Å². The molecule has 1 atom stereocenters. The monoisotopic (exact) mass is 284 g/mol. The summed E-state index contributed by atoms with van der Waals surface area (Å²) in [5.41, 5.74) is 8.51. The first-order chi connectivity index (χ1) is 10.1. The number of hydrogen-bond donors (Lipinski definition) is 2. The Morgan fingerprint density at radius 1 is 1.05 bits per heavy atom. The summed E-state index contributed by atoms with van der Waals surface area (Å²) in [6.45, 7) is 2.36. The van der Waals surface area contributed by atoms with E-state index >= 15 is 0 Å². The molecular weight excluding hydrogens is 256 g/mol. The molecule has 2 heteroatoms. The molecule has 21 heavy (non-hydrogen) atoms. The van der Waals surface area contributed by atoms with Crippen LogP contribution in [0.4, 0.5) is 5.69 Å². The molecule has 1 aromatic carbocycles. The number of hydrogen-bond acceptors (Lipinski definition) is 2. The van der Waals surface area contributed by atoms with E-state index in [1.807, 2.05) is 12.1 Å². The summed E-state index contributed by atoms with van der Waals surface area (Å²) in [4.78, 5) is 0. The summed E-state index contributed by atoms with van der Waals surface area (Å²) in [5, 5.41) is 4.06. The summed E-state index contributed by atoms with van der Waals surface area (Å²) in [7, 11) is 0. The summed E-state index contributed by atoms with van der Waals surface area (Å²) in [6.07, 6.45) is 9.98. The Morgan fingerprint density at radius 2 is 1.57 bits per heavy atom. The summed E-state index contributed by atoms with van der Waals surface area (Å²) >= 11 is 0. The normalized spacial score (nSPS) is 38.6. The van der Waals surface area contributed by atoms with Crippen LogP contribution in [0.2, 0.25) is 0 Å². The van der Waals surface area contributed by atoms with Crippen LogP contribution in [0.1, 0.15) is 51.0 Å². The summed E-state index contributed by atoms with van der Waals surface area (Å²) < 4.78 is 0. The molecule has 114 valence electrons. The second kappa shape index (κ2) is 5.01. The van der Waals surface area contributed by atoms with Crippen molar-refractivity contribution < 1.29 is 0 Å². The van der Waals surface area contributed by atoms with E-state index in [4.69, 9.17) is 5.73 Å². The zero-order valence-electron chi connectivity index (χ0n) is 13.1. The Morgan fingerprint density at radius 3 is 2.10 bits per heavy atom. The van der Waals surface area contributed by atoms with E-state index in [0.717, 1.165) is 29.9 Å². The molecule has 2 nitrogen and oxygen atoms in total. The van der Waals surface area contributed by atoms with E-state index in [0.29, 0.717) is 11.6 Å². The van der Waals surface area contributed by atoms with Gasteiger partial charge in [0.25, 0.3) is 0 Å². The molecule has 0 saturated heterocycles. The summed E-state index contributed by atoms with van der Waals surface area (Å²) in [6, 6.07) is 8.95. The van der Waals surface area contributed by atoms with E-state index in [1.54, 1.807) is 0 Å². The minimum atomic E-state index is 0.474. The highest BCUT2D eigenvalue weighted by Gasteiger charge is 2.50. The smallest absolute Gasteiger partial charge is 0.0314 e. The van der Waals surface area contributed by atoms with Crippen molar-refractivity contribution in [2.75, 3.05) is 5.73 Å². The Labute approximate surface area is 128 Å². The average Bonchev–Trinajstić information content (AvgIpc) is 2.39. The van der Waals surface area contributed by atoms with E-state index < -0.39 is 0 Å². The van der Waals surface area contributed by atoms with Crippen molar-refractivity contribution >= 4 is 5.69 Å². The lowest BCUT2D eigenvalue weighted by atomic mass is 9.53. The lowest BCUT2D eigenvalue weighted by Gasteiger charge is -2.58. The zero-order valence-corrected chi connectivity index (χ0v) is 13.1. The van der Waals surface area contributed by atoms with Gasteiger partial charge in [0, 0.05) is 17.3 Å². The Kier molecular flexibility index (Phi) is 3.25. The van der Waals surface area contributed by atoms with Gasteiger partial charge in [-0.05, 0) is 87.3 Å². The van der Waals surface area contributed by atoms with Gasteiger partial charge in [-0.2, -0.15) is 0 Å². The van der Waals surface area contributed by atoms with Crippen molar-refractivity contribution in [2.24, 2.45) is 17.8 Å². The quantitative estimate of drug-likeness (QED) is 0.826. The van der Waals surface area contributed by atoms with Crippen LogP contribution >= 0.6 is 0 Å². The molecule has 4 bridgehead atoms. The highest BCUT2D eigenvalue weighted by molar-refractivity contribution is 5.39. The number of anilines is 1. The molecule has 0 heterocycles. The van der Waals surface area contributed by atoms with Crippen LogP contribution in [-0.2, 0) is 6.42 Å². The van der Waals surface area contributed by atoms with Gasteiger partial charge in [-0.15, -0.1) is 0 Å². The molecule has 4 aliphatic carbocycles. The SMILES string of the molecule is CC(Cc1ccc(N)cc1)NC12CC3CC(CC(C3)C1)C2. The molecule has 1 unspecified atom stereocenters. The van der Waals surface area contributed by atoms with Gasteiger partial charge in [-0.25, -0.2) is 0 Å². The van der Waals surface area contributed by atoms with Crippen LogP contribution in [0, 0.1) is 17.8 Å². The average molecular weight is 284 g/mol. The fourth-order valence-corrected chi connectivity index (χ4v) is 5.87. The van der Waals surface area contributed by atoms with Crippen LogP contribution in [0.15, 0.2) is 24.3 Å². The highest BCUT2D eigenvalue weighted by atomic mass is 15.0. The number of benzene rings is 1. The number of rotatable bonds is 4. The third-order valence-corrected chi connectivity index (χ3v) is 6.11. The first-order valence-electron chi connectivity index (χ1n) is 8.72. The van der Waals surface area contributed by atoms with Gasteiger partial charge in [0.1, 0.15) is 0 Å². The summed E-state index contributed by atoms with van der Waals surface area (Å²) in [5.74, 6) is 3.06. The maximum absolute atomic E-state index is 5.78. The highest BCUT2D eigenvalue weighted by Crippen LogP contribution is 2.55. The van der Waals surface area contributed by atoms with E-state index in [9.17, 15) is 0 Å². The Hall–Kier alpha value is -1.02. The molecule has 0 radical (unpaired) electrons. The van der Waals surface area contributed by atoms with E-state index in [1.165, 1.54) is 44.1 Å². The standard InChI is InChI=1S/C19H28N2/c1-13(6-14-2-4-18(20)5-3-14)21-19-10-15-7-16(11-19)9-17(8-15)12-19/h2-5,13,15-17,21H,6-12,20H2,1H3. The third kappa shape index (κ3) is 2.70. The lowest BCUT2D eigenvalue weighted by Crippen LogP contribution is -2.60. The van der Waals surface area contributed by atoms with Crippen molar-refractivity contribution in [1.82, 2.24) is 5.32 Å². The van der Waals surface area contributed by atoms with Crippen molar-refractivity contribution in [3.63, 3.8) is 0 Å². The van der Waals surface area contributed by atoms with Crippen molar-refractivity contribution in [2.45, 2.75) is 63.5 Å². The van der Waals surface area contributed by atoms with Crippen molar-refractivity contribution in [3.05, 3.63) is 29.8 Å². The predicted molar refractivity (Wildman–Crippen MR) is 88.1 cm³/mol. The molecule has 4 aliphatic rings. The molecule has 4 saturated carbocycles. The van der Waals surface area contributed by atoms with E-state index in [2.05, 4.69) is 24.4 Å². The fraction of sp³-hybridized carbons (Fsp3) is 0.684. The predicted octanol–water partition coefficient (Wildman–Crippen LogP) is 3.76. The van der Waals surface area contributed by atoms with Gasteiger partial charge in [0.05, 0.1) is 0 Å². The van der Waals surface area contributed by atoms with Crippen molar-refractivity contribution in [3.8, 4) is 0 Å². The molecule has 4 fully saturated rings. The number of nitrogens with one attached hydrogen (secondary N) is 1. The Bertz CT molecular complexity index is 470. The van der Waals surface area contributed by atoms with Crippen LogP contribution in [-0.4, -0.2) is 11.6 Å². The van der Waals surface area contributed by atoms with Gasteiger partial charge >= 0.3 is 0 Å². The fourth-order valence-electron chi connectivity index (χ4n) is 5.87. The zero-order chi connectivity index (χ0) is 14.4. The van der Waals surface area contributed by atoms with Gasteiger partial charge in [-0.1, -0.05) is 12.1 Å². The maximum Gasteiger partial charge on any atom is 0.0314 e. The molecule has 0 spiro atoms. The second-order valence-corrected chi connectivity index (χ2v) is 8.19. The number of nitrogens with two attached hydrogens (primary N) is 1. The van der Waals surface area contributed by atoms with Crippen LogP contribution in [0.25, 0.3) is 0 Å². The third-order valence-electron chi connectivity index (χ3n) is 6.11. The minimum absolute atomic E-state index is 0.474. The minimum Gasteiger partial charge on any atom is -0.399 e. The first-order valence-corrected chi connectivity index (χ1v) is 8.72. The van der Waals surface area contributed by atoms with Crippen LogP contribution < -0.4 is 11.1 Å². The topological polar surface area (TPSA) is 38.0 Å². The molecule has 3 N–H and O–H groups in total. The van der Waals surface area contributed by atoms with Gasteiger partial charge in [0.15, 0.2) is 0 Å². The molecule has 0 amide bonds. The second-order valence-electron chi connectivity index (χ2n) is 8.19. The molecular formula is C19H28N2. The lowest BCUT2D eigenvalue weighted by molar-refractivity contribution is -0.0242. The largest absolute Gasteiger partial charge is 0.399 e. The maximum atomic E-state index is 5.78. The van der Waals surface area contributed by atoms with Crippen molar-refractivity contribution in [1.29, 1.82) is 0 Å². The molecule has 0 aliphatic heterocycles. The van der Waals surface area contributed by atoms with Gasteiger partial charge in [0.2, 0.25) is 0 Å². The number of nitrogen functional groups attached to an aromatic ring is 1. The molecule has 1 aromatic rings. The Balaban J connectivity index is 1.42. The first kappa shape index (κ1) is 13.6. The van der Waals surface area contributed by atoms with Crippen LogP contribution in [0.3, 0.4) is 0 Å².